The lowest BCUT2D eigenvalue weighted by Crippen LogP contribution is -2.21. The quantitative estimate of drug-likeness (QED) is 0.713. The van der Waals surface area contributed by atoms with Crippen LogP contribution in [-0.4, -0.2) is 22.2 Å². The fourth-order valence-electron chi connectivity index (χ4n) is 1.75. The fourth-order valence-corrected chi connectivity index (χ4v) is 1.75. The molecular weight excluding hydrogens is 180 g/mol. The van der Waals surface area contributed by atoms with Crippen molar-refractivity contribution in [1.29, 1.82) is 0 Å². The van der Waals surface area contributed by atoms with Gasteiger partial charge in [-0.15, -0.1) is 0 Å². The summed E-state index contributed by atoms with van der Waals surface area (Å²) in [6.07, 6.45) is 2.71. The molecular formula is C10H14N2O2. The highest BCUT2D eigenvalue weighted by atomic mass is 16.5. The van der Waals surface area contributed by atoms with Crippen LogP contribution in [0.3, 0.4) is 0 Å². The van der Waals surface area contributed by atoms with E-state index in [1.165, 1.54) is 0 Å². The predicted octanol–water partition coefficient (Wildman–Crippen LogP) is 1.32. The molecule has 2 heterocycles. The summed E-state index contributed by atoms with van der Waals surface area (Å²) in [6.45, 7) is 3.38. The third-order valence-electron chi connectivity index (χ3n) is 2.49. The first-order valence-corrected chi connectivity index (χ1v) is 4.96. The molecule has 0 N–H and O–H groups in total. The van der Waals surface area contributed by atoms with Crippen LogP contribution in [0.4, 0.5) is 0 Å². The number of carbonyl (C=O) groups is 1. The van der Waals surface area contributed by atoms with E-state index >= 15 is 0 Å². The number of ether oxygens (including phenoxy) is 1. The molecule has 0 radical (unpaired) electrons. The summed E-state index contributed by atoms with van der Waals surface area (Å²) < 4.78 is 7.43. The minimum Gasteiger partial charge on any atom is -0.371 e. The Morgan fingerprint density at radius 3 is 3.29 bits per heavy atom. The number of rotatable bonds is 2. The smallest absolute Gasteiger partial charge is 0.138 e. The van der Waals surface area contributed by atoms with E-state index in [1.807, 2.05) is 17.7 Å². The molecule has 1 aliphatic heterocycles. The van der Waals surface area contributed by atoms with Gasteiger partial charge in [0, 0.05) is 25.6 Å². The Morgan fingerprint density at radius 1 is 1.71 bits per heavy atom. The van der Waals surface area contributed by atoms with Gasteiger partial charge in [-0.1, -0.05) is 0 Å². The molecule has 14 heavy (non-hydrogen) atoms. The zero-order valence-corrected chi connectivity index (χ0v) is 8.27. The Bertz CT molecular complexity index is 333. The molecule has 76 valence electrons. The Balaban J connectivity index is 2.17. The highest BCUT2D eigenvalue weighted by Crippen LogP contribution is 2.25. The first-order valence-electron chi connectivity index (χ1n) is 4.96. The first kappa shape index (κ1) is 9.40. The van der Waals surface area contributed by atoms with Crippen molar-refractivity contribution in [2.24, 2.45) is 0 Å². The molecule has 0 amide bonds. The number of Topliss-reactive ketones (excluding diaryl/α,β-unsaturated/α-hetero) is 1. The van der Waals surface area contributed by atoms with Gasteiger partial charge in [0.05, 0.1) is 12.3 Å². The summed E-state index contributed by atoms with van der Waals surface area (Å²) in [4.78, 5) is 11.3. The Labute approximate surface area is 82.9 Å². The summed E-state index contributed by atoms with van der Waals surface area (Å²) in [5.74, 6) is 0.283. The SMILES string of the molecule is CCn1nccc1C1CC(=O)CCO1. The molecule has 4 nitrogen and oxygen atoms in total. The van der Waals surface area contributed by atoms with Crippen LogP contribution < -0.4 is 0 Å². The Hall–Kier alpha value is -1.16. The lowest BCUT2D eigenvalue weighted by Gasteiger charge is -2.22. The molecule has 0 bridgehead atoms. The van der Waals surface area contributed by atoms with Gasteiger partial charge in [-0.3, -0.25) is 9.48 Å². The standard InChI is InChI=1S/C10H14N2O2/c1-2-12-9(3-5-11-12)10-7-8(13)4-6-14-10/h3,5,10H,2,4,6-7H2,1H3. The van der Waals surface area contributed by atoms with E-state index in [2.05, 4.69) is 5.10 Å². The largest absolute Gasteiger partial charge is 0.371 e. The van der Waals surface area contributed by atoms with Crippen LogP contribution in [-0.2, 0) is 16.1 Å². The van der Waals surface area contributed by atoms with Crippen molar-refractivity contribution in [3.8, 4) is 0 Å². The van der Waals surface area contributed by atoms with Gasteiger partial charge in [0.1, 0.15) is 11.9 Å². The van der Waals surface area contributed by atoms with E-state index in [9.17, 15) is 4.79 Å². The maximum absolute atomic E-state index is 11.3. The summed E-state index contributed by atoms with van der Waals surface area (Å²) in [5.41, 5.74) is 1.01. The molecule has 1 fully saturated rings. The molecule has 1 unspecified atom stereocenters. The molecule has 1 aliphatic rings. The van der Waals surface area contributed by atoms with E-state index in [0.717, 1.165) is 12.2 Å². The fraction of sp³-hybridized carbons (Fsp3) is 0.600. The second kappa shape index (κ2) is 3.92. The average Bonchev–Trinajstić information content (AvgIpc) is 2.65. The minimum absolute atomic E-state index is 0.0845. The number of ketones is 1. The van der Waals surface area contributed by atoms with Gasteiger partial charge in [0.2, 0.25) is 0 Å². The molecule has 4 heteroatoms. The van der Waals surface area contributed by atoms with E-state index < -0.39 is 0 Å². The molecule has 0 aliphatic carbocycles. The van der Waals surface area contributed by atoms with Gasteiger partial charge in [-0.2, -0.15) is 5.10 Å². The van der Waals surface area contributed by atoms with Crippen LogP contribution in [0.15, 0.2) is 12.3 Å². The third-order valence-corrected chi connectivity index (χ3v) is 2.49. The highest BCUT2D eigenvalue weighted by molar-refractivity contribution is 5.79. The number of nitrogens with zero attached hydrogens (tertiary/aromatic N) is 2. The van der Waals surface area contributed by atoms with Crippen LogP contribution in [0.1, 0.15) is 31.6 Å². The van der Waals surface area contributed by atoms with Gasteiger partial charge in [0.15, 0.2) is 0 Å². The molecule has 1 saturated heterocycles. The number of hydrogen-bond acceptors (Lipinski definition) is 3. The number of carbonyl (C=O) groups excluding carboxylic acids is 1. The van der Waals surface area contributed by atoms with Crippen LogP contribution >= 0.6 is 0 Å². The van der Waals surface area contributed by atoms with Crippen molar-refractivity contribution >= 4 is 5.78 Å². The molecule has 1 aromatic heterocycles. The summed E-state index contributed by atoms with van der Waals surface area (Å²) >= 11 is 0. The van der Waals surface area contributed by atoms with E-state index in [0.29, 0.717) is 19.4 Å². The molecule has 0 spiro atoms. The third kappa shape index (κ3) is 1.70. The van der Waals surface area contributed by atoms with Crippen LogP contribution in [0.25, 0.3) is 0 Å². The molecule has 0 saturated carbocycles. The van der Waals surface area contributed by atoms with Crippen molar-refractivity contribution in [3.05, 3.63) is 18.0 Å². The monoisotopic (exact) mass is 194 g/mol. The summed E-state index contributed by atoms with van der Waals surface area (Å²) in [6, 6.07) is 1.92. The average molecular weight is 194 g/mol. The van der Waals surface area contributed by atoms with Crippen molar-refractivity contribution in [2.75, 3.05) is 6.61 Å². The zero-order valence-electron chi connectivity index (χ0n) is 8.27. The Morgan fingerprint density at radius 2 is 2.57 bits per heavy atom. The van der Waals surface area contributed by atoms with Gasteiger partial charge in [-0.05, 0) is 13.0 Å². The predicted molar refractivity (Wildman–Crippen MR) is 50.8 cm³/mol. The van der Waals surface area contributed by atoms with E-state index in [-0.39, 0.29) is 11.9 Å². The highest BCUT2D eigenvalue weighted by Gasteiger charge is 2.23. The minimum atomic E-state index is -0.0845. The summed E-state index contributed by atoms with van der Waals surface area (Å²) in [7, 11) is 0. The lowest BCUT2D eigenvalue weighted by molar-refractivity contribution is -0.129. The second-order valence-electron chi connectivity index (χ2n) is 3.42. The normalized spacial score (nSPS) is 22.6. The number of aromatic nitrogens is 2. The van der Waals surface area contributed by atoms with Gasteiger partial charge in [0.25, 0.3) is 0 Å². The first-order chi connectivity index (χ1) is 6.81. The molecule has 1 atom stereocenters. The van der Waals surface area contributed by atoms with Crippen molar-refractivity contribution in [2.45, 2.75) is 32.4 Å². The molecule has 0 aromatic carbocycles. The maximum atomic E-state index is 11.3. The van der Waals surface area contributed by atoms with E-state index in [4.69, 9.17) is 4.74 Å². The van der Waals surface area contributed by atoms with Gasteiger partial charge < -0.3 is 4.74 Å². The van der Waals surface area contributed by atoms with Crippen molar-refractivity contribution in [3.63, 3.8) is 0 Å². The van der Waals surface area contributed by atoms with Crippen molar-refractivity contribution < 1.29 is 9.53 Å². The van der Waals surface area contributed by atoms with Gasteiger partial charge in [-0.25, -0.2) is 0 Å². The van der Waals surface area contributed by atoms with Gasteiger partial charge >= 0.3 is 0 Å². The van der Waals surface area contributed by atoms with Crippen LogP contribution in [0.5, 0.6) is 0 Å². The summed E-state index contributed by atoms with van der Waals surface area (Å²) in [5, 5.41) is 4.16. The van der Waals surface area contributed by atoms with Crippen molar-refractivity contribution in [1.82, 2.24) is 9.78 Å². The molecule has 1 aromatic rings. The lowest BCUT2D eigenvalue weighted by atomic mass is 10.1. The Kier molecular flexibility index (Phi) is 2.63. The second-order valence-corrected chi connectivity index (χ2v) is 3.42. The van der Waals surface area contributed by atoms with Crippen LogP contribution in [0.2, 0.25) is 0 Å². The number of aryl methyl sites for hydroxylation is 1. The maximum Gasteiger partial charge on any atom is 0.138 e. The zero-order chi connectivity index (χ0) is 9.97. The topological polar surface area (TPSA) is 44.1 Å². The van der Waals surface area contributed by atoms with Crippen LogP contribution in [0, 0.1) is 0 Å². The number of hydrogen-bond donors (Lipinski definition) is 0. The van der Waals surface area contributed by atoms with E-state index in [1.54, 1.807) is 6.20 Å². The molecule has 2 rings (SSSR count).